The topological polar surface area (TPSA) is 15.3 Å². The molecule has 1 rings (SSSR count). The van der Waals surface area contributed by atoms with E-state index in [0.29, 0.717) is 0 Å². The van der Waals surface area contributed by atoms with Crippen LogP contribution in [0.1, 0.15) is 12.8 Å². The Labute approximate surface area is 69.3 Å². The van der Waals surface area contributed by atoms with E-state index in [1.165, 1.54) is 12.8 Å². The predicted molar refractivity (Wildman–Crippen MR) is 48.7 cm³/mol. The largest absolute Gasteiger partial charge is 0.318 e. The molecule has 0 saturated heterocycles. The van der Waals surface area contributed by atoms with Gasteiger partial charge in [0.05, 0.1) is 0 Å². The van der Waals surface area contributed by atoms with Crippen LogP contribution in [0.5, 0.6) is 0 Å². The van der Waals surface area contributed by atoms with Gasteiger partial charge in [-0.1, -0.05) is 6.08 Å². The fourth-order valence-corrected chi connectivity index (χ4v) is 1.28. The molecule has 0 heterocycles. The van der Waals surface area contributed by atoms with E-state index in [1.807, 2.05) is 13.1 Å². The molecule has 1 aliphatic carbocycles. The molecule has 2 nitrogen and oxygen atoms in total. The van der Waals surface area contributed by atoms with Crippen LogP contribution < -0.4 is 5.32 Å². The molecule has 0 atom stereocenters. The number of nitrogens with one attached hydrogen (secondary N) is 1. The van der Waals surface area contributed by atoms with E-state index in [2.05, 4.69) is 16.8 Å². The number of hydrogen-bond acceptors (Lipinski definition) is 2. The van der Waals surface area contributed by atoms with Gasteiger partial charge in [-0.3, -0.25) is 4.90 Å². The van der Waals surface area contributed by atoms with E-state index >= 15 is 0 Å². The summed E-state index contributed by atoms with van der Waals surface area (Å²) in [6.45, 7) is 7.05. The van der Waals surface area contributed by atoms with Crippen molar-refractivity contribution >= 4 is 0 Å². The molecule has 1 fully saturated rings. The maximum Gasteiger partial charge on any atom is 0.0164 e. The standard InChI is InChI=1S/C9H18N2/c1-3-7-11(8-6-10-2)9-4-5-9/h3,9-10H,1,4-8H2,2H3. The Morgan fingerprint density at radius 1 is 1.64 bits per heavy atom. The zero-order valence-electron chi connectivity index (χ0n) is 7.34. The Bertz CT molecular complexity index is 119. The Balaban J connectivity index is 2.15. The number of rotatable bonds is 6. The van der Waals surface area contributed by atoms with E-state index < -0.39 is 0 Å². The minimum Gasteiger partial charge on any atom is -0.318 e. The van der Waals surface area contributed by atoms with Gasteiger partial charge in [0.1, 0.15) is 0 Å². The lowest BCUT2D eigenvalue weighted by Crippen LogP contribution is -2.32. The molecule has 0 spiro atoms. The van der Waals surface area contributed by atoms with Gasteiger partial charge < -0.3 is 5.32 Å². The lowest BCUT2D eigenvalue weighted by atomic mass is 10.4. The van der Waals surface area contributed by atoms with E-state index in [1.54, 1.807) is 0 Å². The quantitative estimate of drug-likeness (QED) is 0.571. The van der Waals surface area contributed by atoms with Crippen LogP contribution in [0.25, 0.3) is 0 Å². The SMILES string of the molecule is C=CCN(CCNC)C1CC1. The van der Waals surface area contributed by atoms with Crippen molar-refractivity contribution in [2.45, 2.75) is 18.9 Å². The molecule has 0 amide bonds. The first-order valence-electron chi connectivity index (χ1n) is 4.38. The van der Waals surface area contributed by atoms with Crippen LogP contribution in [-0.2, 0) is 0 Å². The van der Waals surface area contributed by atoms with Crippen LogP contribution in [0.4, 0.5) is 0 Å². The second-order valence-electron chi connectivity index (χ2n) is 3.12. The summed E-state index contributed by atoms with van der Waals surface area (Å²) < 4.78 is 0. The van der Waals surface area contributed by atoms with E-state index in [4.69, 9.17) is 0 Å². The molecule has 1 N–H and O–H groups in total. The van der Waals surface area contributed by atoms with Crippen LogP contribution >= 0.6 is 0 Å². The van der Waals surface area contributed by atoms with Gasteiger partial charge in [-0.15, -0.1) is 6.58 Å². The minimum absolute atomic E-state index is 0.862. The molecule has 0 aromatic heterocycles. The van der Waals surface area contributed by atoms with Gasteiger partial charge in [-0.05, 0) is 19.9 Å². The molecule has 0 bridgehead atoms. The average molecular weight is 154 g/mol. The van der Waals surface area contributed by atoms with Crippen molar-refractivity contribution in [1.82, 2.24) is 10.2 Å². The number of likely N-dealkylation sites (N-methyl/N-ethyl adjacent to an activating group) is 1. The second-order valence-corrected chi connectivity index (χ2v) is 3.12. The molecule has 0 radical (unpaired) electrons. The summed E-state index contributed by atoms with van der Waals surface area (Å²) >= 11 is 0. The maximum absolute atomic E-state index is 3.76. The summed E-state index contributed by atoms with van der Waals surface area (Å²) in [4.78, 5) is 2.49. The molecular formula is C9H18N2. The van der Waals surface area contributed by atoms with Gasteiger partial charge in [0.2, 0.25) is 0 Å². The Morgan fingerprint density at radius 2 is 2.36 bits per heavy atom. The smallest absolute Gasteiger partial charge is 0.0164 e. The number of nitrogens with zero attached hydrogens (tertiary/aromatic N) is 1. The monoisotopic (exact) mass is 154 g/mol. The van der Waals surface area contributed by atoms with Gasteiger partial charge in [-0.25, -0.2) is 0 Å². The number of hydrogen-bond donors (Lipinski definition) is 1. The third-order valence-corrected chi connectivity index (χ3v) is 2.08. The summed E-state index contributed by atoms with van der Waals surface area (Å²) in [6.07, 6.45) is 4.77. The summed E-state index contributed by atoms with van der Waals surface area (Å²) in [5, 5.41) is 3.16. The van der Waals surface area contributed by atoms with Gasteiger partial charge in [0.15, 0.2) is 0 Å². The molecule has 0 unspecified atom stereocenters. The van der Waals surface area contributed by atoms with Gasteiger partial charge in [0, 0.05) is 25.7 Å². The normalized spacial score (nSPS) is 17.3. The van der Waals surface area contributed by atoms with Crippen molar-refractivity contribution in [3.8, 4) is 0 Å². The average Bonchev–Trinajstić information content (AvgIpc) is 2.80. The molecule has 11 heavy (non-hydrogen) atoms. The van der Waals surface area contributed by atoms with Gasteiger partial charge >= 0.3 is 0 Å². The molecular weight excluding hydrogens is 136 g/mol. The minimum atomic E-state index is 0.862. The summed E-state index contributed by atoms with van der Waals surface area (Å²) in [6, 6.07) is 0.862. The van der Waals surface area contributed by atoms with Crippen molar-refractivity contribution in [2.24, 2.45) is 0 Å². The third-order valence-electron chi connectivity index (χ3n) is 2.08. The highest BCUT2D eigenvalue weighted by Gasteiger charge is 2.27. The fourth-order valence-electron chi connectivity index (χ4n) is 1.28. The van der Waals surface area contributed by atoms with Gasteiger partial charge in [0.25, 0.3) is 0 Å². The molecule has 0 aromatic rings. The highest BCUT2D eigenvalue weighted by molar-refractivity contribution is 4.88. The van der Waals surface area contributed by atoms with E-state index in [-0.39, 0.29) is 0 Å². The zero-order valence-corrected chi connectivity index (χ0v) is 7.34. The van der Waals surface area contributed by atoms with Crippen LogP contribution in [-0.4, -0.2) is 37.6 Å². The summed E-state index contributed by atoms with van der Waals surface area (Å²) in [5.41, 5.74) is 0. The van der Waals surface area contributed by atoms with E-state index in [9.17, 15) is 0 Å². The van der Waals surface area contributed by atoms with Crippen molar-refractivity contribution in [2.75, 3.05) is 26.7 Å². The third kappa shape index (κ3) is 3.04. The molecule has 2 heteroatoms. The van der Waals surface area contributed by atoms with Crippen molar-refractivity contribution in [1.29, 1.82) is 0 Å². The second kappa shape index (κ2) is 4.52. The van der Waals surface area contributed by atoms with E-state index in [0.717, 1.165) is 25.7 Å². The highest BCUT2D eigenvalue weighted by Crippen LogP contribution is 2.25. The lowest BCUT2D eigenvalue weighted by molar-refractivity contribution is 0.294. The highest BCUT2D eigenvalue weighted by atomic mass is 15.2. The Kier molecular flexibility index (Phi) is 3.60. The zero-order chi connectivity index (χ0) is 8.10. The first-order valence-corrected chi connectivity index (χ1v) is 4.38. The molecule has 0 aliphatic heterocycles. The van der Waals surface area contributed by atoms with Gasteiger partial charge in [-0.2, -0.15) is 0 Å². The molecule has 64 valence electrons. The Hall–Kier alpha value is -0.340. The molecule has 1 saturated carbocycles. The summed E-state index contributed by atoms with van der Waals surface area (Å²) in [5.74, 6) is 0. The maximum atomic E-state index is 3.76. The van der Waals surface area contributed by atoms with Crippen molar-refractivity contribution < 1.29 is 0 Å². The Morgan fingerprint density at radius 3 is 2.82 bits per heavy atom. The van der Waals surface area contributed by atoms with Crippen LogP contribution in [0, 0.1) is 0 Å². The molecule has 1 aliphatic rings. The van der Waals surface area contributed by atoms with Crippen molar-refractivity contribution in [3.05, 3.63) is 12.7 Å². The fraction of sp³-hybridized carbons (Fsp3) is 0.778. The summed E-state index contributed by atoms with van der Waals surface area (Å²) in [7, 11) is 2.00. The van der Waals surface area contributed by atoms with Crippen LogP contribution in [0.2, 0.25) is 0 Å². The first kappa shape index (κ1) is 8.75. The molecule has 0 aromatic carbocycles. The lowest BCUT2D eigenvalue weighted by Gasteiger charge is -2.19. The predicted octanol–water partition coefficient (Wildman–Crippen LogP) is 0.856. The van der Waals surface area contributed by atoms with Crippen LogP contribution in [0.15, 0.2) is 12.7 Å². The first-order chi connectivity index (χ1) is 5.38. The van der Waals surface area contributed by atoms with Crippen LogP contribution in [0.3, 0.4) is 0 Å². The van der Waals surface area contributed by atoms with Crippen molar-refractivity contribution in [3.63, 3.8) is 0 Å².